The first kappa shape index (κ1) is 13.4. The van der Waals surface area contributed by atoms with Crippen LogP contribution in [-0.4, -0.2) is 65.2 Å². The number of methoxy groups -OCH3 is 1. The summed E-state index contributed by atoms with van der Waals surface area (Å²) >= 11 is 0. The van der Waals surface area contributed by atoms with Crippen LogP contribution in [0.1, 0.15) is 16.9 Å². The molecule has 0 spiro atoms. The molecule has 1 amide bonds. The number of nitrogens with zero attached hydrogens (tertiary/aromatic N) is 3. The van der Waals surface area contributed by atoms with E-state index in [1.54, 1.807) is 7.11 Å². The summed E-state index contributed by atoms with van der Waals surface area (Å²) < 4.78 is 5.23. The maximum atomic E-state index is 13.1. The van der Waals surface area contributed by atoms with Crippen molar-refractivity contribution in [2.24, 2.45) is 11.8 Å². The molecule has 1 aromatic carbocycles. The summed E-state index contributed by atoms with van der Waals surface area (Å²) in [7, 11) is 1.64. The first-order chi connectivity index (χ1) is 11.2. The van der Waals surface area contributed by atoms with Crippen LogP contribution in [0.3, 0.4) is 0 Å². The van der Waals surface area contributed by atoms with Gasteiger partial charge in [-0.2, -0.15) is 5.10 Å². The number of nitrogens with one attached hydrogen (secondary N) is 1. The molecule has 4 aliphatic heterocycles. The van der Waals surface area contributed by atoms with Gasteiger partial charge in [-0.15, -0.1) is 0 Å². The molecular weight excluding hydrogens is 292 g/mol. The predicted octanol–water partition coefficient (Wildman–Crippen LogP) is 1.35. The molecule has 23 heavy (non-hydrogen) atoms. The van der Waals surface area contributed by atoms with Gasteiger partial charge >= 0.3 is 0 Å². The van der Waals surface area contributed by atoms with Gasteiger partial charge in [0.1, 0.15) is 5.75 Å². The summed E-state index contributed by atoms with van der Waals surface area (Å²) in [4.78, 5) is 17.7. The van der Waals surface area contributed by atoms with Crippen molar-refractivity contribution in [2.75, 3.05) is 33.3 Å². The van der Waals surface area contributed by atoms with E-state index in [2.05, 4.69) is 20.0 Å². The first-order valence-electron chi connectivity index (χ1n) is 8.30. The molecule has 2 aromatic rings. The molecule has 1 N–H and O–H groups in total. The fourth-order valence-electron chi connectivity index (χ4n) is 4.77. The van der Waals surface area contributed by atoms with Gasteiger partial charge in [-0.05, 0) is 36.9 Å². The van der Waals surface area contributed by atoms with Gasteiger partial charge < -0.3 is 14.5 Å². The van der Waals surface area contributed by atoms with Crippen LogP contribution in [-0.2, 0) is 0 Å². The first-order valence-corrected chi connectivity index (χ1v) is 8.30. The fourth-order valence-corrected chi connectivity index (χ4v) is 4.77. The molecule has 4 atom stereocenters. The molecule has 6 nitrogen and oxygen atoms in total. The highest BCUT2D eigenvalue weighted by atomic mass is 16.5. The Balaban J connectivity index is 1.49. The Morgan fingerprint density at radius 3 is 3.04 bits per heavy atom. The van der Waals surface area contributed by atoms with Crippen LogP contribution in [0.4, 0.5) is 0 Å². The zero-order valence-corrected chi connectivity index (χ0v) is 13.2. The molecule has 120 valence electrons. The number of hydrogen-bond acceptors (Lipinski definition) is 4. The fraction of sp³-hybridized carbons (Fsp3) is 0.529. The monoisotopic (exact) mass is 312 g/mol. The highest BCUT2D eigenvalue weighted by Gasteiger charge is 2.51. The summed E-state index contributed by atoms with van der Waals surface area (Å²) in [6, 6.07) is 6.06. The van der Waals surface area contributed by atoms with Gasteiger partial charge in [-0.1, -0.05) is 0 Å². The van der Waals surface area contributed by atoms with Gasteiger partial charge in [0.15, 0.2) is 5.69 Å². The SMILES string of the molecule is COc1ccc2c(C(=O)N3C[C@H]4CN5CC[C@H]4[C@H]3C5)n[nH]c2c1. The normalized spacial score (nSPS) is 31.8. The number of carbonyl (C=O) groups excluding carboxylic acids is 1. The zero-order valence-electron chi connectivity index (χ0n) is 13.2. The number of H-pyrrole nitrogens is 1. The zero-order chi connectivity index (χ0) is 15.6. The summed E-state index contributed by atoms with van der Waals surface area (Å²) in [5.41, 5.74) is 1.39. The van der Waals surface area contributed by atoms with Crippen molar-refractivity contribution in [1.29, 1.82) is 0 Å². The summed E-state index contributed by atoms with van der Waals surface area (Å²) in [5.74, 6) is 2.18. The van der Waals surface area contributed by atoms with Crippen molar-refractivity contribution in [2.45, 2.75) is 12.5 Å². The van der Waals surface area contributed by atoms with Gasteiger partial charge in [0.25, 0.3) is 5.91 Å². The van der Waals surface area contributed by atoms with Crippen molar-refractivity contribution in [1.82, 2.24) is 20.0 Å². The van der Waals surface area contributed by atoms with Crippen LogP contribution in [0.15, 0.2) is 18.2 Å². The third kappa shape index (κ3) is 1.84. The second kappa shape index (κ2) is 4.71. The van der Waals surface area contributed by atoms with Crippen molar-refractivity contribution in [3.8, 4) is 5.75 Å². The predicted molar refractivity (Wildman–Crippen MR) is 85.5 cm³/mol. The molecule has 0 radical (unpaired) electrons. The van der Waals surface area contributed by atoms with Gasteiger partial charge in [0, 0.05) is 37.1 Å². The molecule has 0 aliphatic carbocycles. The van der Waals surface area contributed by atoms with Crippen LogP contribution in [0.5, 0.6) is 5.75 Å². The van der Waals surface area contributed by atoms with Crippen LogP contribution >= 0.6 is 0 Å². The highest BCUT2D eigenvalue weighted by Crippen LogP contribution is 2.42. The molecule has 4 aliphatic rings. The maximum Gasteiger partial charge on any atom is 0.275 e. The van der Waals surface area contributed by atoms with E-state index in [0.29, 0.717) is 23.6 Å². The Bertz CT molecular complexity index is 786. The molecule has 4 fully saturated rings. The number of piperidine rings is 3. The standard InChI is InChI=1S/C17H20N4O2/c1-23-11-2-3-13-14(6-11)18-19-16(13)17(22)21-8-10-7-20-5-4-12(10)15(21)9-20/h2-3,6,10,12,15H,4-5,7-9H2,1H3,(H,18,19)/t10-,12-,15-/m1/s1. The number of fused-ring (bicyclic) bond motifs is 2. The molecule has 6 heteroatoms. The number of aromatic amines is 1. The number of rotatable bonds is 2. The van der Waals surface area contributed by atoms with Crippen LogP contribution in [0.2, 0.25) is 0 Å². The third-order valence-corrected chi connectivity index (χ3v) is 5.88. The molecule has 4 saturated heterocycles. The Hall–Kier alpha value is -2.08. The molecule has 0 saturated carbocycles. The van der Waals surface area contributed by atoms with Crippen molar-refractivity contribution >= 4 is 16.8 Å². The molecular formula is C17H20N4O2. The number of hydrogen-bond donors (Lipinski definition) is 1. The second-order valence-electron chi connectivity index (χ2n) is 6.98. The van der Waals surface area contributed by atoms with E-state index in [0.717, 1.165) is 36.3 Å². The highest BCUT2D eigenvalue weighted by molar-refractivity contribution is 6.05. The van der Waals surface area contributed by atoms with Crippen molar-refractivity contribution < 1.29 is 9.53 Å². The largest absolute Gasteiger partial charge is 0.497 e. The lowest BCUT2D eigenvalue weighted by Gasteiger charge is -2.44. The quantitative estimate of drug-likeness (QED) is 0.909. The van der Waals surface area contributed by atoms with E-state index >= 15 is 0 Å². The summed E-state index contributed by atoms with van der Waals surface area (Å²) in [6.45, 7) is 4.27. The van der Waals surface area contributed by atoms with Crippen molar-refractivity contribution in [3.63, 3.8) is 0 Å². The van der Waals surface area contributed by atoms with E-state index in [1.807, 2.05) is 18.2 Å². The Labute approximate surface area is 134 Å². The van der Waals surface area contributed by atoms with Crippen LogP contribution in [0, 0.1) is 11.8 Å². The lowest BCUT2D eigenvalue weighted by atomic mass is 9.80. The lowest BCUT2D eigenvalue weighted by molar-refractivity contribution is 0.0420. The number of benzene rings is 1. The lowest BCUT2D eigenvalue weighted by Crippen LogP contribution is -2.54. The molecule has 6 rings (SSSR count). The third-order valence-electron chi connectivity index (χ3n) is 5.88. The number of ether oxygens (including phenoxy) is 1. The second-order valence-corrected chi connectivity index (χ2v) is 6.98. The van der Waals surface area contributed by atoms with E-state index in [1.165, 1.54) is 13.0 Å². The maximum absolute atomic E-state index is 13.1. The number of likely N-dealkylation sites (tertiary alicyclic amines) is 1. The Kier molecular flexibility index (Phi) is 2.74. The summed E-state index contributed by atoms with van der Waals surface area (Å²) in [5, 5.41) is 8.16. The van der Waals surface area contributed by atoms with Gasteiger partial charge in [0.05, 0.1) is 12.6 Å². The van der Waals surface area contributed by atoms with Gasteiger partial charge in [0.2, 0.25) is 0 Å². The minimum atomic E-state index is 0.0719. The number of aromatic nitrogens is 2. The average molecular weight is 312 g/mol. The Morgan fingerprint density at radius 2 is 2.26 bits per heavy atom. The Morgan fingerprint density at radius 1 is 1.35 bits per heavy atom. The number of carbonyl (C=O) groups is 1. The minimum Gasteiger partial charge on any atom is -0.497 e. The minimum absolute atomic E-state index is 0.0719. The molecule has 1 aromatic heterocycles. The number of amides is 1. The van der Waals surface area contributed by atoms with Crippen LogP contribution in [0.25, 0.3) is 10.9 Å². The molecule has 5 heterocycles. The topological polar surface area (TPSA) is 61.5 Å². The van der Waals surface area contributed by atoms with Crippen LogP contribution < -0.4 is 4.74 Å². The van der Waals surface area contributed by atoms with E-state index in [4.69, 9.17) is 4.74 Å². The van der Waals surface area contributed by atoms with E-state index < -0.39 is 0 Å². The molecule has 4 bridgehead atoms. The molecule has 1 unspecified atom stereocenters. The van der Waals surface area contributed by atoms with E-state index in [-0.39, 0.29) is 5.91 Å². The smallest absolute Gasteiger partial charge is 0.275 e. The summed E-state index contributed by atoms with van der Waals surface area (Å²) in [6.07, 6.45) is 1.23. The van der Waals surface area contributed by atoms with Gasteiger partial charge in [-0.25, -0.2) is 0 Å². The van der Waals surface area contributed by atoms with E-state index in [9.17, 15) is 4.79 Å². The van der Waals surface area contributed by atoms with Crippen molar-refractivity contribution in [3.05, 3.63) is 23.9 Å². The van der Waals surface area contributed by atoms with Gasteiger partial charge in [-0.3, -0.25) is 9.89 Å². The average Bonchev–Trinajstić information content (AvgIpc) is 3.13.